The molecule has 0 bridgehead atoms. The number of morpholine rings is 1. The number of H-pyrrole nitrogens is 1. The second-order valence-corrected chi connectivity index (χ2v) is 4.69. The largest absolute Gasteiger partial charge is 0.383 e. The van der Waals surface area contributed by atoms with Gasteiger partial charge in [-0.2, -0.15) is 0 Å². The van der Waals surface area contributed by atoms with Gasteiger partial charge in [-0.05, 0) is 13.5 Å². The number of nitrogens with zero attached hydrogens (tertiary/aromatic N) is 2. The summed E-state index contributed by atoms with van der Waals surface area (Å²) in [6.07, 6.45) is 1.33. The number of anilines is 1. The number of likely N-dealkylation sites (N-methyl/N-ethyl adjacent to an activating group) is 1. The van der Waals surface area contributed by atoms with Gasteiger partial charge in [-0.25, -0.2) is 4.98 Å². The minimum Gasteiger partial charge on any atom is -0.383 e. The van der Waals surface area contributed by atoms with Gasteiger partial charge in [0.1, 0.15) is 17.7 Å². The summed E-state index contributed by atoms with van der Waals surface area (Å²) in [7, 11) is 2.02. The molecule has 1 unspecified atom stereocenters. The van der Waals surface area contributed by atoms with Gasteiger partial charge in [-0.1, -0.05) is 13.3 Å². The van der Waals surface area contributed by atoms with E-state index in [4.69, 9.17) is 10.5 Å². The van der Waals surface area contributed by atoms with Gasteiger partial charge in [-0.15, -0.1) is 0 Å². The van der Waals surface area contributed by atoms with Crippen molar-refractivity contribution in [1.82, 2.24) is 14.9 Å². The zero-order valence-corrected chi connectivity index (χ0v) is 10.9. The molecule has 6 heteroatoms. The first-order valence-corrected chi connectivity index (χ1v) is 6.30. The van der Waals surface area contributed by atoms with Crippen LogP contribution in [0.15, 0.2) is 4.79 Å². The van der Waals surface area contributed by atoms with Crippen LogP contribution in [0.25, 0.3) is 0 Å². The van der Waals surface area contributed by atoms with Crippen molar-refractivity contribution in [1.29, 1.82) is 0 Å². The number of aromatic nitrogens is 2. The normalized spacial score (nSPS) is 21.1. The average Bonchev–Trinajstić information content (AvgIpc) is 2.33. The van der Waals surface area contributed by atoms with E-state index in [1.807, 2.05) is 14.0 Å². The lowest BCUT2D eigenvalue weighted by atomic mass is 10.1. The Kier molecular flexibility index (Phi) is 3.98. The quantitative estimate of drug-likeness (QED) is 0.808. The van der Waals surface area contributed by atoms with E-state index >= 15 is 0 Å². The van der Waals surface area contributed by atoms with Crippen LogP contribution in [-0.4, -0.2) is 41.6 Å². The summed E-state index contributed by atoms with van der Waals surface area (Å²) in [6, 6.07) is 0. The number of rotatable bonds is 3. The fourth-order valence-electron chi connectivity index (χ4n) is 2.12. The minimum absolute atomic E-state index is 0.142. The Bertz CT molecular complexity index is 472. The molecule has 2 heterocycles. The summed E-state index contributed by atoms with van der Waals surface area (Å²) in [5, 5.41) is 0. The summed E-state index contributed by atoms with van der Waals surface area (Å²) < 4.78 is 5.61. The minimum atomic E-state index is -0.200. The molecule has 0 aliphatic carbocycles. The van der Waals surface area contributed by atoms with Crippen LogP contribution >= 0.6 is 0 Å². The molecular weight excluding hydrogens is 232 g/mol. The van der Waals surface area contributed by atoms with Crippen molar-refractivity contribution in [3.8, 4) is 0 Å². The van der Waals surface area contributed by atoms with Gasteiger partial charge >= 0.3 is 0 Å². The molecule has 0 radical (unpaired) electrons. The Morgan fingerprint density at radius 1 is 1.61 bits per heavy atom. The highest BCUT2D eigenvalue weighted by atomic mass is 16.5. The van der Waals surface area contributed by atoms with E-state index in [2.05, 4.69) is 14.9 Å². The van der Waals surface area contributed by atoms with E-state index < -0.39 is 0 Å². The fourth-order valence-corrected chi connectivity index (χ4v) is 2.12. The number of nitrogens with one attached hydrogen (secondary N) is 1. The van der Waals surface area contributed by atoms with Crippen LogP contribution in [0.3, 0.4) is 0 Å². The van der Waals surface area contributed by atoms with Crippen LogP contribution in [0.1, 0.15) is 30.8 Å². The van der Waals surface area contributed by atoms with E-state index in [0.717, 1.165) is 19.5 Å². The number of ether oxygens (including phenoxy) is 1. The summed E-state index contributed by atoms with van der Waals surface area (Å²) in [5.41, 5.74) is 6.28. The van der Waals surface area contributed by atoms with Crippen molar-refractivity contribution in [2.45, 2.75) is 25.9 Å². The van der Waals surface area contributed by atoms with E-state index in [9.17, 15) is 4.79 Å². The molecule has 0 saturated carbocycles. The first kappa shape index (κ1) is 13.0. The maximum absolute atomic E-state index is 11.9. The third kappa shape index (κ3) is 2.70. The van der Waals surface area contributed by atoms with Crippen LogP contribution in [-0.2, 0) is 11.2 Å². The van der Waals surface area contributed by atoms with Crippen molar-refractivity contribution in [2.75, 3.05) is 32.5 Å². The Labute approximate surface area is 106 Å². The molecule has 18 heavy (non-hydrogen) atoms. The second-order valence-electron chi connectivity index (χ2n) is 4.69. The summed E-state index contributed by atoms with van der Waals surface area (Å²) in [6.45, 7) is 4.26. The molecule has 1 aliphatic heterocycles. The van der Waals surface area contributed by atoms with Crippen molar-refractivity contribution in [3.05, 3.63) is 21.7 Å². The topological polar surface area (TPSA) is 84.2 Å². The average molecular weight is 252 g/mol. The maximum Gasteiger partial charge on any atom is 0.256 e. The van der Waals surface area contributed by atoms with Gasteiger partial charge in [0.15, 0.2) is 0 Å². The molecule has 1 aromatic heterocycles. The van der Waals surface area contributed by atoms with Gasteiger partial charge in [0.2, 0.25) is 0 Å². The Morgan fingerprint density at radius 2 is 2.39 bits per heavy atom. The van der Waals surface area contributed by atoms with Gasteiger partial charge in [0.05, 0.1) is 12.2 Å². The van der Waals surface area contributed by atoms with E-state index in [-0.39, 0.29) is 11.7 Å². The molecule has 100 valence electrons. The Balaban J connectivity index is 2.27. The molecular formula is C12H20N4O2. The molecule has 0 amide bonds. The van der Waals surface area contributed by atoms with Crippen LogP contribution in [0, 0.1) is 0 Å². The van der Waals surface area contributed by atoms with Crippen LogP contribution < -0.4 is 11.3 Å². The summed E-state index contributed by atoms with van der Waals surface area (Å²) in [5.74, 6) is 0.858. The van der Waals surface area contributed by atoms with Gasteiger partial charge < -0.3 is 20.4 Å². The molecule has 0 aromatic carbocycles. The smallest absolute Gasteiger partial charge is 0.256 e. The lowest BCUT2D eigenvalue weighted by Gasteiger charge is -2.29. The lowest BCUT2D eigenvalue weighted by molar-refractivity contribution is -0.0255. The number of nitrogen functional groups attached to an aromatic ring is 1. The molecule has 1 saturated heterocycles. The third-order valence-electron chi connectivity index (χ3n) is 3.14. The van der Waals surface area contributed by atoms with Crippen LogP contribution in [0.4, 0.5) is 5.82 Å². The van der Waals surface area contributed by atoms with E-state index in [1.54, 1.807) is 0 Å². The number of aromatic amines is 1. The third-order valence-corrected chi connectivity index (χ3v) is 3.14. The summed E-state index contributed by atoms with van der Waals surface area (Å²) in [4.78, 5) is 21.1. The highest BCUT2D eigenvalue weighted by Crippen LogP contribution is 2.18. The van der Waals surface area contributed by atoms with Crippen molar-refractivity contribution < 1.29 is 4.74 Å². The summed E-state index contributed by atoms with van der Waals surface area (Å²) >= 11 is 0. The van der Waals surface area contributed by atoms with Crippen LogP contribution in [0.2, 0.25) is 0 Å². The number of hydrogen-bond acceptors (Lipinski definition) is 5. The van der Waals surface area contributed by atoms with Gasteiger partial charge in [-0.3, -0.25) is 4.79 Å². The molecule has 1 atom stereocenters. The van der Waals surface area contributed by atoms with Crippen LogP contribution in [0.5, 0.6) is 0 Å². The fraction of sp³-hybridized carbons (Fsp3) is 0.667. The lowest BCUT2D eigenvalue weighted by Crippen LogP contribution is -2.37. The van der Waals surface area contributed by atoms with E-state index in [1.165, 1.54) is 0 Å². The predicted octanol–water partition coefficient (Wildman–Crippen LogP) is 0.308. The molecule has 1 aromatic rings. The predicted molar refractivity (Wildman–Crippen MR) is 69.5 cm³/mol. The van der Waals surface area contributed by atoms with Crippen molar-refractivity contribution in [2.24, 2.45) is 0 Å². The van der Waals surface area contributed by atoms with Crippen molar-refractivity contribution >= 4 is 5.82 Å². The number of hydrogen-bond donors (Lipinski definition) is 2. The molecule has 2 rings (SSSR count). The molecule has 6 nitrogen and oxygen atoms in total. The zero-order chi connectivity index (χ0) is 13.1. The first-order chi connectivity index (χ1) is 8.61. The SMILES string of the molecule is CCCc1c(N)nc(C2CN(C)CCO2)[nH]c1=O. The molecule has 1 aliphatic rings. The Morgan fingerprint density at radius 3 is 3.00 bits per heavy atom. The number of nitrogens with two attached hydrogens (primary N) is 1. The molecule has 0 spiro atoms. The first-order valence-electron chi connectivity index (χ1n) is 6.30. The van der Waals surface area contributed by atoms with Crippen molar-refractivity contribution in [3.63, 3.8) is 0 Å². The zero-order valence-electron chi connectivity index (χ0n) is 10.9. The molecule has 1 fully saturated rings. The van der Waals surface area contributed by atoms with Gasteiger partial charge in [0, 0.05) is 13.1 Å². The molecule has 3 N–H and O–H groups in total. The monoisotopic (exact) mass is 252 g/mol. The highest BCUT2D eigenvalue weighted by Gasteiger charge is 2.22. The standard InChI is InChI=1S/C12H20N4O2/c1-3-4-8-10(13)14-11(15-12(8)17)9-7-16(2)5-6-18-9/h9H,3-7H2,1-2H3,(H3,13,14,15,17). The second kappa shape index (κ2) is 5.49. The maximum atomic E-state index is 11.9. The highest BCUT2D eigenvalue weighted by molar-refractivity contribution is 5.37. The Hall–Kier alpha value is -1.40. The van der Waals surface area contributed by atoms with E-state index in [0.29, 0.717) is 30.2 Å². The van der Waals surface area contributed by atoms with Gasteiger partial charge in [0.25, 0.3) is 5.56 Å².